The maximum Gasteiger partial charge on any atom is 0.401 e. The number of alkyl halides is 3. The maximum absolute atomic E-state index is 13.3. The quantitative estimate of drug-likeness (QED) is 0.838. The molecule has 106 valence electrons. The molecule has 2 rings (SSSR count). The predicted molar refractivity (Wildman–Crippen MR) is 63.8 cm³/mol. The first-order chi connectivity index (χ1) is 8.87. The summed E-state index contributed by atoms with van der Waals surface area (Å²) in [6.45, 7) is -0.672. The van der Waals surface area contributed by atoms with Gasteiger partial charge in [0.05, 0.1) is 6.54 Å². The minimum Gasteiger partial charge on any atom is -0.326 e. The van der Waals surface area contributed by atoms with Crippen LogP contribution < -0.4 is 5.73 Å². The van der Waals surface area contributed by atoms with Gasteiger partial charge in [-0.3, -0.25) is 4.90 Å². The second kappa shape index (κ2) is 5.46. The van der Waals surface area contributed by atoms with E-state index >= 15 is 0 Å². The smallest absolute Gasteiger partial charge is 0.326 e. The molecule has 2 nitrogen and oxygen atoms in total. The molecule has 1 aromatic rings. The van der Waals surface area contributed by atoms with Crippen molar-refractivity contribution in [3.05, 3.63) is 35.1 Å². The molecule has 0 heterocycles. The van der Waals surface area contributed by atoms with Crippen LogP contribution >= 0.6 is 0 Å². The van der Waals surface area contributed by atoms with Crippen LogP contribution in [-0.2, 0) is 13.1 Å². The zero-order valence-electron chi connectivity index (χ0n) is 10.4. The average Bonchev–Trinajstić information content (AvgIpc) is 3.09. The molecule has 0 unspecified atom stereocenters. The fourth-order valence-corrected chi connectivity index (χ4v) is 2.15. The minimum absolute atomic E-state index is 0.0359. The molecule has 1 aliphatic rings. The van der Waals surface area contributed by atoms with Gasteiger partial charge in [-0.05, 0) is 36.1 Å². The Morgan fingerprint density at radius 2 is 1.79 bits per heavy atom. The van der Waals surface area contributed by atoms with Crippen LogP contribution in [0.2, 0.25) is 0 Å². The van der Waals surface area contributed by atoms with E-state index in [1.54, 1.807) is 6.07 Å². The van der Waals surface area contributed by atoms with Gasteiger partial charge < -0.3 is 5.73 Å². The molecule has 0 radical (unpaired) electrons. The Balaban J connectivity index is 2.10. The largest absolute Gasteiger partial charge is 0.401 e. The Morgan fingerprint density at radius 1 is 1.16 bits per heavy atom. The number of nitrogens with zero attached hydrogens (tertiary/aromatic N) is 1. The molecule has 19 heavy (non-hydrogen) atoms. The Labute approximate surface area is 109 Å². The lowest BCUT2D eigenvalue weighted by Gasteiger charge is -2.23. The summed E-state index contributed by atoms with van der Waals surface area (Å²) in [6, 6.07) is 4.19. The van der Waals surface area contributed by atoms with Gasteiger partial charge in [-0.2, -0.15) is 13.2 Å². The van der Waals surface area contributed by atoms with Gasteiger partial charge in [-0.15, -0.1) is 0 Å². The third-order valence-corrected chi connectivity index (χ3v) is 3.08. The second-order valence-electron chi connectivity index (χ2n) is 4.92. The summed E-state index contributed by atoms with van der Waals surface area (Å²) in [5.41, 5.74) is 6.57. The third kappa shape index (κ3) is 4.47. The van der Waals surface area contributed by atoms with Crippen molar-refractivity contribution in [3.8, 4) is 0 Å². The van der Waals surface area contributed by atoms with Crippen LogP contribution in [-0.4, -0.2) is 23.7 Å². The van der Waals surface area contributed by atoms with Crippen LogP contribution in [0.15, 0.2) is 18.2 Å². The van der Waals surface area contributed by atoms with E-state index in [0.29, 0.717) is 11.1 Å². The van der Waals surface area contributed by atoms with Crippen LogP contribution in [0.3, 0.4) is 0 Å². The first-order valence-electron chi connectivity index (χ1n) is 6.16. The van der Waals surface area contributed by atoms with Crippen molar-refractivity contribution in [2.45, 2.75) is 38.1 Å². The highest BCUT2D eigenvalue weighted by molar-refractivity contribution is 5.24. The highest BCUT2D eigenvalue weighted by Crippen LogP contribution is 2.31. The number of hydrogen-bond donors (Lipinski definition) is 1. The zero-order valence-corrected chi connectivity index (χ0v) is 10.4. The molecule has 0 aromatic heterocycles. The summed E-state index contributed by atoms with van der Waals surface area (Å²) in [6.07, 6.45) is -2.68. The number of hydrogen-bond acceptors (Lipinski definition) is 2. The maximum atomic E-state index is 13.3. The molecule has 1 aromatic carbocycles. The van der Waals surface area contributed by atoms with E-state index in [0.717, 1.165) is 12.8 Å². The van der Waals surface area contributed by atoms with Gasteiger partial charge >= 0.3 is 6.18 Å². The summed E-state index contributed by atoms with van der Waals surface area (Å²) in [7, 11) is 0. The van der Waals surface area contributed by atoms with E-state index in [4.69, 9.17) is 5.73 Å². The SMILES string of the molecule is NCc1cc(F)cc(CN(CC(F)(F)F)C2CC2)c1. The Hall–Kier alpha value is -1.14. The molecule has 1 saturated carbocycles. The first kappa shape index (κ1) is 14.3. The highest BCUT2D eigenvalue weighted by atomic mass is 19.4. The van der Waals surface area contributed by atoms with Gasteiger partial charge in [0.1, 0.15) is 5.82 Å². The van der Waals surface area contributed by atoms with Crippen LogP contribution in [0.4, 0.5) is 17.6 Å². The molecule has 0 amide bonds. The van der Waals surface area contributed by atoms with Gasteiger partial charge in [-0.25, -0.2) is 4.39 Å². The Morgan fingerprint density at radius 3 is 2.32 bits per heavy atom. The van der Waals surface area contributed by atoms with Crippen molar-refractivity contribution in [3.63, 3.8) is 0 Å². The molecule has 1 fully saturated rings. The van der Waals surface area contributed by atoms with Gasteiger partial charge in [0.25, 0.3) is 0 Å². The standard InChI is InChI=1S/C13H16F4N2/c14-11-4-9(6-18)3-10(5-11)7-19(12-1-2-12)8-13(15,16)17/h3-5,12H,1-2,6-8,18H2. The monoisotopic (exact) mass is 276 g/mol. The molecule has 0 spiro atoms. The molecule has 6 heteroatoms. The summed E-state index contributed by atoms with van der Waals surface area (Å²) in [4.78, 5) is 1.36. The molecule has 0 aliphatic heterocycles. The van der Waals surface area contributed by atoms with Gasteiger partial charge in [-0.1, -0.05) is 6.07 Å². The zero-order chi connectivity index (χ0) is 14.0. The van der Waals surface area contributed by atoms with Crippen molar-refractivity contribution in [1.29, 1.82) is 0 Å². The normalized spacial score (nSPS) is 16.1. The van der Waals surface area contributed by atoms with E-state index in [2.05, 4.69) is 0 Å². The summed E-state index contributed by atoms with van der Waals surface area (Å²) < 4.78 is 50.8. The molecule has 2 N–H and O–H groups in total. The minimum atomic E-state index is -4.23. The summed E-state index contributed by atoms with van der Waals surface area (Å²) >= 11 is 0. The van der Waals surface area contributed by atoms with Crippen molar-refractivity contribution in [2.24, 2.45) is 5.73 Å². The molecule has 0 bridgehead atoms. The fraction of sp³-hybridized carbons (Fsp3) is 0.538. The third-order valence-electron chi connectivity index (χ3n) is 3.08. The molecule has 1 aliphatic carbocycles. The fourth-order valence-electron chi connectivity index (χ4n) is 2.15. The molecular formula is C13H16F4N2. The number of benzene rings is 1. The molecular weight excluding hydrogens is 260 g/mol. The van der Waals surface area contributed by atoms with Crippen molar-refractivity contribution in [2.75, 3.05) is 6.54 Å². The molecule has 0 saturated heterocycles. The van der Waals surface area contributed by atoms with E-state index in [-0.39, 0.29) is 19.1 Å². The Bertz CT molecular complexity index is 441. The van der Waals surface area contributed by atoms with Crippen molar-refractivity contribution >= 4 is 0 Å². The lowest BCUT2D eigenvalue weighted by atomic mass is 10.1. The number of halogens is 4. The lowest BCUT2D eigenvalue weighted by molar-refractivity contribution is -0.148. The predicted octanol–water partition coefficient (Wildman–Crippen LogP) is 2.81. The van der Waals surface area contributed by atoms with Crippen LogP contribution in [0.25, 0.3) is 0 Å². The average molecular weight is 276 g/mol. The Kier molecular flexibility index (Phi) is 4.10. The van der Waals surface area contributed by atoms with E-state index in [1.807, 2.05) is 0 Å². The topological polar surface area (TPSA) is 29.3 Å². The number of nitrogens with two attached hydrogens (primary N) is 1. The van der Waals surface area contributed by atoms with Crippen LogP contribution in [0, 0.1) is 5.82 Å². The van der Waals surface area contributed by atoms with E-state index < -0.39 is 18.5 Å². The van der Waals surface area contributed by atoms with E-state index in [9.17, 15) is 17.6 Å². The lowest BCUT2D eigenvalue weighted by Crippen LogP contribution is -2.35. The van der Waals surface area contributed by atoms with Gasteiger partial charge in [0, 0.05) is 19.1 Å². The summed E-state index contributed by atoms with van der Waals surface area (Å²) in [5.74, 6) is -0.458. The van der Waals surface area contributed by atoms with Crippen molar-refractivity contribution < 1.29 is 17.6 Å². The van der Waals surface area contributed by atoms with Crippen LogP contribution in [0.5, 0.6) is 0 Å². The van der Waals surface area contributed by atoms with Crippen LogP contribution in [0.1, 0.15) is 24.0 Å². The van der Waals surface area contributed by atoms with Gasteiger partial charge in [0.2, 0.25) is 0 Å². The molecule has 0 atom stereocenters. The van der Waals surface area contributed by atoms with E-state index in [1.165, 1.54) is 17.0 Å². The number of rotatable bonds is 5. The second-order valence-corrected chi connectivity index (χ2v) is 4.92. The van der Waals surface area contributed by atoms with Gasteiger partial charge in [0.15, 0.2) is 0 Å². The highest BCUT2D eigenvalue weighted by Gasteiger charge is 2.37. The van der Waals surface area contributed by atoms with Crippen molar-refractivity contribution in [1.82, 2.24) is 4.90 Å². The first-order valence-corrected chi connectivity index (χ1v) is 6.16. The summed E-state index contributed by atoms with van der Waals surface area (Å²) in [5, 5.41) is 0.